The Balaban J connectivity index is 2.43. The molecule has 144 valence electrons. The van der Waals surface area contributed by atoms with Gasteiger partial charge in [-0.2, -0.15) is 0 Å². The van der Waals surface area contributed by atoms with Gasteiger partial charge in [0.15, 0.2) is 0 Å². The number of nitrogens with one attached hydrogen (secondary N) is 1. The van der Waals surface area contributed by atoms with Crippen LogP contribution in [-0.2, 0) is 11.2 Å². The molecule has 1 aromatic carbocycles. The zero-order valence-corrected chi connectivity index (χ0v) is 16.7. The average Bonchev–Trinajstić information content (AvgIpc) is 2.89. The van der Waals surface area contributed by atoms with Crippen molar-refractivity contribution in [3.63, 3.8) is 0 Å². The molecule has 0 aliphatic rings. The highest BCUT2D eigenvalue weighted by molar-refractivity contribution is 7.16. The number of amides is 1. The molecule has 0 spiro atoms. The van der Waals surface area contributed by atoms with Crippen LogP contribution in [0.4, 0.5) is 10.7 Å². The quantitative estimate of drug-likeness (QED) is 0.440. The van der Waals surface area contributed by atoms with Crippen LogP contribution in [0, 0.1) is 24.0 Å². The van der Waals surface area contributed by atoms with Crippen molar-refractivity contribution in [2.24, 2.45) is 0 Å². The van der Waals surface area contributed by atoms with Gasteiger partial charge < -0.3 is 10.1 Å². The summed E-state index contributed by atoms with van der Waals surface area (Å²) >= 11 is 1.29. The first kappa shape index (κ1) is 20.6. The van der Waals surface area contributed by atoms with E-state index in [0.29, 0.717) is 17.0 Å². The summed E-state index contributed by atoms with van der Waals surface area (Å²) in [6.45, 7) is 8.85. The van der Waals surface area contributed by atoms with Crippen LogP contribution >= 0.6 is 11.3 Å². The molecule has 27 heavy (non-hydrogen) atoms. The van der Waals surface area contributed by atoms with Crippen molar-refractivity contribution in [2.75, 3.05) is 5.32 Å². The lowest BCUT2D eigenvalue weighted by Gasteiger charge is -2.12. The third-order valence-electron chi connectivity index (χ3n) is 4.08. The Hall–Kier alpha value is -2.74. The number of hydrogen-bond donors (Lipinski definition) is 1. The standard InChI is InChI=1S/C19H22N2O5S/c1-6-13-12(5)27-18(16(13)19(23)26-10(2)3)20-17(22)14-8-7-9-15(11(14)4)21(24)25/h7-10H,6H2,1-5H3,(H,20,22). The van der Waals surface area contributed by atoms with Crippen molar-refractivity contribution in [3.05, 3.63) is 55.4 Å². The van der Waals surface area contributed by atoms with E-state index >= 15 is 0 Å². The smallest absolute Gasteiger partial charge is 0.341 e. The van der Waals surface area contributed by atoms with Gasteiger partial charge in [0.2, 0.25) is 0 Å². The number of benzene rings is 1. The van der Waals surface area contributed by atoms with E-state index in [1.54, 1.807) is 13.8 Å². The molecule has 0 unspecified atom stereocenters. The summed E-state index contributed by atoms with van der Waals surface area (Å²) in [5.41, 5.74) is 1.52. The van der Waals surface area contributed by atoms with Crippen molar-refractivity contribution in [1.82, 2.24) is 0 Å². The molecule has 0 aliphatic heterocycles. The van der Waals surface area contributed by atoms with Crippen LogP contribution in [0.1, 0.15) is 57.5 Å². The minimum absolute atomic E-state index is 0.126. The average molecular weight is 390 g/mol. The molecule has 0 atom stereocenters. The van der Waals surface area contributed by atoms with Gasteiger partial charge in [-0.25, -0.2) is 4.79 Å². The normalized spacial score (nSPS) is 10.7. The lowest BCUT2D eigenvalue weighted by Crippen LogP contribution is -2.18. The van der Waals surface area contributed by atoms with Crippen molar-refractivity contribution in [3.8, 4) is 0 Å². The molecule has 1 aromatic heterocycles. The summed E-state index contributed by atoms with van der Waals surface area (Å²) in [6, 6.07) is 4.33. The Bertz CT molecular complexity index is 902. The molecular formula is C19H22N2O5S. The molecular weight excluding hydrogens is 368 g/mol. The summed E-state index contributed by atoms with van der Waals surface area (Å²) in [4.78, 5) is 36.8. The molecule has 2 aromatic rings. The van der Waals surface area contributed by atoms with Gasteiger partial charge in [0.25, 0.3) is 11.6 Å². The molecule has 0 saturated carbocycles. The number of esters is 1. The topological polar surface area (TPSA) is 98.5 Å². The van der Waals surface area contributed by atoms with Gasteiger partial charge in [0.1, 0.15) is 5.00 Å². The number of rotatable bonds is 6. The fraction of sp³-hybridized carbons (Fsp3) is 0.368. The fourth-order valence-corrected chi connectivity index (χ4v) is 3.95. The number of carbonyl (C=O) groups is 2. The van der Waals surface area contributed by atoms with Crippen molar-refractivity contribution < 1.29 is 19.2 Å². The van der Waals surface area contributed by atoms with Crippen molar-refractivity contribution >= 4 is 33.9 Å². The number of ether oxygens (including phenoxy) is 1. The van der Waals surface area contributed by atoms with E-state index in [2.05, 4.69) is 5.32 Å². The van der Waals surface area contributed by atoms with Crippen LogP contribution < -0.4 is 5.32 Å². The molecule has 0 radical (unpaired) electrons. The number of carbonyl (C=O) groups excluding carboxylic acids is 2. The second-order valence-corrected chi connectivity index (χ2v) is 7.53. The molecule has 8 heteroatoms. The molecule has 0 bridgehead atoms. The largest absolute Gasteiger partial charge is 0.459 e. The molecule has 2 rings (SSSR count). The molecule has 0 saturated heterocycles. The zero-order valence-electron chi connectivity index (χ0n) is 15.9. The van der Waals surface area contributed by atoms with Gasteiger partial charge in [-0.3, -0.25) is 14.9 Å². The minimum Gasteiger partial charge on any atom is -0.459 e. The Morgan fingerprint density at radius 3 is 2.52 bits per heavy atom. The highest BCUT2D eigenvalue weighted by atomic mass is 32.1. The van der Waals surface area contributed by atoms with Gasteiger partial charge in [-0.1, -0.05) is 13.0 Å². The van der Waals surface area contributed by atoms with Gasteiger partial charge in [0, 0.05) is 22.1 Å². The van der Waals surface area contributed by atoms with Crippen LogP contribution in [0.5, 0.6) is 0 Å². The Morgan fingerprint density at radius 2 is 1.96 bits per heavy atom. The zero-order chi connectivity index (χ0) is 20.3. The van der Waals surface area contributed by atoms with Gasteiger partial charge in [0.05, 0.1) is 16.6 Å². The summed E-state index contributed by atoms with van der Waals surface area (Å²) in [5, 5.41) is 14.2. The monoisotopic (exact) mass is 390 g/mol. The second kappa shape index (κ2) is 8.30. The molecule has 7 nitrogen and oxygen atoms in total. The van der Waals surface area contributed by atoms with E-state index in [1.807, 2.05) is 13.8 Å². The molecule has 0 aliphatic carbocycles. The first-order valence-electron chi connectivity index (χ1n) is 8.55. The maximum absolute atomic E-state index is 12.7. The third-order valence-corrected chi connectivity index (χ3v) is 5.15. The van der Waals surface area contributed by atoms with E-state index < -0.39 is 16.8 Å². The van der Waals surface area contributed by atoms with Crippen molar-refractivity contribution in [1.29, 1.82) is 0 Å². The van der Waals surface area contributed by atoms with Crippen LogP contribution in [0.25, 0.3) is 0 Å². The van der Waals surface area contributed by atoms with E-state index in [1.165, 1.54) is 36.5 Å². The van der Waals surface area contributed by atoms with Gasteiger partial charge >= 0.3 is 5.97 Å². The van der Waals surface area contributed by atoms with E-state index in [4.69, 9.17) is 4.74 Å². The predicted molar refractivity (Wildman–Crippen MR) is 105 cm³/mol. The minimum atomic E-state index is -0.526. The maximum Gasteiger partial charge on any atom is 0.341 e. The summed E-state index contributed by atoms with van der Waals surface area (Å²) in [7, 11) is 0. The first-order valence-corrected chi connectivity index (χ1v) is 9.37. The number of hydrogen-bond acceptors (Lipinski definition) is 6. The second-order valence-electron chi connectivity index (χ2n) is 6.31. The number of nitrogens with zero attached hydrogens (tertiary/aromatic N) is 1. The lowest BCUT2D eigenvalue weighted by molar-refractivity contribution is -0.385. The fourth-order valence-electron chi connectivity index (χ4n) is 2.82. The number of aryl methyl sites for hydroxylation is 1. The highest BCUT2D eigenvalue weighted by Crippen LogP contribution is 2.35. The van der Waals surface area contributed by atoms with E-state index in [0.717, 1.165) is 10.4 Å². The highest BCUT2D eigenvalue weighted by Gasteiger charge is 2.26. The molecule has 1 N–H and O–H groups in total. The number of nitro benzene ring substituents is 1. The number of nitro groups is 1. The van der Waals surface area contributed by atoms with E-state index in [9.17, 15) is 19.7 Å². The summed E-state index contributed by atoms with van der Waals surface area (Å²) in [6.07, 6.45) is 0.335. The summed E-state index contributed by atoms with van der Waals surface area (Å²) in [5.74, 6) is -0.990. The number of anilines is 1. The molecule has 0 fully saturated rings. The predicted octanol–water partition coefficient (Wildman–Crippen LogP) is 4.65. The van der Waals surface area contributed by atoms with Crippen LogP contribution in [0.3, 0.4) is 0 Å². The van der Waals surface area contributed by atoms with Gasteiger partial charge in [-0.15, -0.1) is 11.3 Å². The van der Waals surface area contributed by atoms with Crippen LogP contribution in [0.2, 0.25) is 0 Å². The first-order chi connectivity index (χ1) is 12.7. The lowest BCUT2D eigenvalue weighted by atomic mass is 10.1. The maximum atomic E-state index is 12.7. The van der Waals surface area contributed by atoms with Crippen molar-refractivity contribution in [2.45, 2.75) is 47.1 Å². The SMILES string of the molecule is CCc1c(C)sc(NC(=O)c2cccc([N+](=O)[O-])c2C)c1C(=O)OC(C)C. The van der Waals surface area contributed by atoms with Crippen LogP contribution in [0.15, 0.2) is 18.2 Å². The number of thiophene rings is 1. The third kappa shape index (κ3) is 4.33. The van der Waals surface area contributed by atoms with Crippen LogP contribution in [-0.4, -0.2) is 22.9 Å². The van der Waals surface area contributed by atoms with E-state index in [-0.39, 0.29) is 22.9 Å². The Kier molecular flexibility index (Phi) is 6.32. The van der Waals surface area contributed by atoms with Gasteiger partial charge in [-0.05, 0) is 45.7 Å². The Morgan fingerprint density at radius 1 is 1.30 bits per heavy atom. The molecule has 1 amide bonds. The molecule has 1 heterocycles. The summed E-state index contributed by atoms with van der Waals surface area (Å²) < 4.78 is 5.32. The Labute approximate surface area is 161 Å².